The largest absolute Gasteiger partial charge is 0.508 e. The number of aliphatic carboxylic acids is 2. The van der Waals surface area contributed by atoms with E-state index in [4.69, 9.17) is 5.73 Å². The van der Waals surface area contributed by atoms with Crippen LogP contribution in [0, 0.1) is 0 Å². The molecule has 4 atom stereocenters. The zero-order valence-electron chi connectivity index (χ0n) is 21.7. The molecule has 3 amide bonds. The average Bonchev–Trinajstić information content (AvgIpc) is 3.34. The van der Waals surface area contributed by atoms with E-state index in [-0.39, 0.29) is 18.6 Å². The van der Waals surface area contributed by atoms with Crippen LogP contribution in [0.25, 0.3) is 10.9 Å². The topological polar surface area (TPSA) is 244 Å². The molecule has 0 aliphatic carbocycles. The number of phenols is 1. The van der Waals surface area contributed by atoms with Crippen LogP contribution in [-0.2, 0) is 36.8 Å². The van der Waals surface area contributed by atoms with Crippen molar-refractivity contribution >= 4 is 40.6 Å². The lowest BCUT2D eigenvalue weighted by molar-refractivity contribution is -0.144. The highest BCUT2D eigenvalue weighted by atomic mass is 16.4. The van der Waals surface area contributed by atoms with Gasteiger partial charge in [-0.1, -0.05) is 30.3 Å². The second-order valence-corrected chi connectivity index (χ2v) is 9.34. The molecule has 2 aromatic carbocycles. The van der Waals surface area contributed by atoms with Gasteiger partial charge < -0.3 is 47.1 Å². The van der Waals surface area contributed by atoms with Crippen LogP contribution >= 0.6 is 0 Å². The van der Waals surface area contributed by atoms with Crippen LogP contribution in [0.4, 0.5) is 0 Å². The summed E-state index contributed by atoms with van der Waals surface area (Å²) >= 11 is 0. The van der Waals surface area contributed by atoms with Gasteiger partial charge in [0.2, 0.25) is 17.7 Å². The number of carbonyl (C=O) groups is 5. The second kappa shape index (κ2) is 13.9. The molecule has 0 bridgehead atoms. The van der Waals surface area contributed by atoms with Gasteiger partial charge in [0, 0.05) is 23.5 Å². The van der Waals surface area contributed by atoms with Crippen molar-refractivity contribution in [2.45, 2.75) is 43.4 Å². The van der Waals surface area contributed by atoms with Crippen molar-refractivity contribution in [1.82, 2.24) is 20.9 Å². The Morgan fingerprint density at radius 2 is 1.41 bits per heavy atom. The molecule has 41 heavy (non-hydrogen) atoms. The number of hydrogen-bond acceptors (Lipinski definition) is 8. The molecule has 0 aliphatic heterocycles. The first-order valence-electron chi connectivity index (χ1n) is 12.5. The van der Waals surface area contributed by atoms with E-state index in [1.165, 1.54) is 24.3 Å². The standard InChI is InChI=1S/C27H31N5O9/c28-18(10-15-12-29-19-4-2-1-3-17(15)19)24(37)30-21(11-23(35)36)26(39)31-20(9-14-5-7-16(34)8-6-14)25(38)32-22(13-33)27(40)41/h1-8,12,18,20-22,29,33-34H,9-11,13,28H2,(H,30,37)(H,31,39)(H,32,38)(H,35,36)(H,40,41). The maximum Gasteiger partial charge on any atom is 0.328 e. The van der Waals surface area contributed by atoms with Gasteiger partial charge in [-0.05, 0) is 35.7 Å². The molecule has 3 aromatic rings. The number of H-pyrrole nitrogens is 1. The zero-order chi connectivity index (χ0) is 30.1. The molecule has 1 heterocycles. The fourth-order valence-electron chi connectivity index (χ4n) is 4.10. The number of carboxylic acids is 2. The maximum atomic E-state index is 13.2. The molecule has 14 nitrogen and oxygen atoms in total. The number of aliphatic hydroxyl groups excluding tert-OH is 1. The van der Waals surface area contributed by atoms with Crippen molar-refractivity contribution in [1.29, 1.82) is 0 Å². The van der Waals surface area contributed by atoms with E-state index in [1.807, 2.05) is 24.3 Å². The van der Waals surface area contributed by atoms with Crippen molar-refractivity contribution in [3.63, 3.8) is 0 Å². The number of carboxylic acid groups (broad SMARTS) is 2. The summed E-state index contributed by atoms with van der Waals surface area (Å²) in [5, 5.41) is 45.0. The van der Waals surface area contributed by atoms with Gasteiger partial charge in [-0.25, -0.2) is 4.79 Å². The minimum absolute atomic E-state index is 0.0572. The zero-order valence-corrected chi connectivity index (χ0v) is 21.7. The Morgan fingerprint density at radius 3 is 2.05 bits per heavy atom. The molecule has 0 saturated heterocycles. The Kier molecular flexibility index (Phi) is 10.4. The first kappa shape index (κ1) is 30.6. The molecule has 218 valence electrons. The number of aromatic hydroxyl groups is 1. The van der Waals surface area contributed by atoms with Gasteiger partial charge in [-0.15, -0.1) is 0 Å². The number of nitrogens with two attached hydrogens (primary N) is 1. The molecule has 14 heteroatoms. The number of aromatic amines is 1. The van der Waals surface area contributed by atoms with Gasteiger partial charge >= 0.3 is 11.9 Å². The number of amides is 3. The average molecular weight is 570 g/mol. The third-order valence-electron chi connectivity index (χ3n) is 6.27. The quantitative estimate of drug-likeness (QED) is 0.114. The normalized spacial score (nSPS) is 13.9. The molecule has 10 N–H and O–H groups in total. The van der Waals surface area contributed by atoms with Gasteiger partial charge in [-0.3, -0.25) is 19.2 Å². The maximum absolute atomic E-state index is 13.2. The van der Waals surface area contributed by atoms with Crippen LogP contribution in [0.5, 0.6) is 5.75 Å². The summed E-state index contributed by atoms with van der Waals surface area (Å²) in [5.74, 6) is -5.81. The minimum atomic E-state index is -1.67. The number of hydrogen-bond donors (Lipinski definition) is 9. The molecule has 4 unspecified atom stereocenters. The van der Waals surface area contributed by atoms with Crippen LogP contribution in [0.3, 0.4) is 0 Å². The molecule has 0 radical (unpaired) electrons. The monoisotopic (exact) mass is 569 g/mol. The van der Waals surface area contributed by atoms with E-state index >= 15 is 0 Å². The lowest BCUT2D eigenvalue weighted by Gasteiger charge is -2.24. The molecular weight excluding hydrogens is 538 g/mol. The van der Waals surface area contributed by atoms with E-state index in [0.717, 1.165) is 16.5 Å². The third-order valence-corrected chi connectivity index (χ3v) is 6.27. The van der Waals surface area contributed by atoms with Gasteiger partial charge in [0.05, 0.1) is 19.1 Å². The highest BCUT2D eigenvalue weighted by Crippen LogP contribution is 2.19. The van der Waals surface area contributed by atoms with Gasteiger partial charge in [0.1, 0.15) is 23.9 Å². The second-order valence-electron chi connectivity index (χ2n) is 9.34. The lowest BCUT2D eigenvalue weighted by atomic mass is 10.0. The van der Waals surface area contributed by atoms with Crippen LogP contribution < -0.4 is 21.7 Å². The van der Waals surface area contributed by atoms with E-state index in [2.05, 4.69) is 20.9 Å². The van der Waals surface area contributed by atoms with Crippen molar-refractivity contribution in [2.75, 3.05) is 6.61 Å². The number of carbonyl (C=O) groups excluding carboxylic acids is 3. The Labute approximate surface area is 233 Å². The van der Waals surface area contributed by atoms with Gasteiger partial charge in [-0.2, -0.15) is 0 Å². The first-order valence-corrected chi connectivity index (χ1v) is 12.5. The highest BCUT2D eigenvalue weighted by Gasteiger charge is 2.31. The summed E-state index contributed by atoms with van der Waals surface area (Å²) in [6.45, 7) is -0.924. The predicted octanol–water partition coefficient (Wildman–Crippen LogP) is -1.01. The summed E-state index contributed by atoms with van der Waals surface area (Å²) in [5.41, 5.74) is 8.11. The smallest absolute Gasteiger partial charge is 0.328 e. The summed E-state index contributed by atoms with van der Waals surface area (Å²) in [4.78, 5) is 64.8. The fraction of sp³-hybridized carbons (Fsp3) is 0.296. The Bertz CT molecular complexity index is 1410. The van der Waals surface area contributed by atoms with Crippen LogP contribution in [0.15, 0.2) is 54.7 Å². The summed E-state index contributed by atoms with van der Waals surface area (Å²) < 4.78 is 0. The number of para-hydroxylation sites is 1. The third kappa shape index (κ3) is 8.52. The van der Waals surface area contributed by atoms with Crippen molar-refractivity contribution in [2.24, 2.45) is 5.73 Å². The predicted molar refractivity (Wildman–Crippen MR) is 145 cm³/mol. The van der Waals surface area contributed by atoms with Gasteiger partial charge in [0.15, 0.2) is 0 Å². The molecular formula is C27H31N5O9. The summed E-state index contributed by atoms with van der Waals surface area (Å²) in [6, 6.07) is 7.07. The molecule has 0 spiro atoms. The van der Waals surface area contributed by atoms with Crippen LogP contribution in [0.1, 0.15) is 17.5 Å². The summed E-state index contributed by atoms with van der Waals surface area (Å²) in [7, 11) is 0. The Morgan fingerprint density at radius 1 is 0.805 bits per heavy atom. The number of rotatable bonds is 14. The highest BCUT2D eigenvalue weighted by molar-refractivity contribution is 5.96. The van der Waals surface area contributed by atoms with E-state index in [9.17, 15) is 44.4 Å². The summed E-state index contributed by atoms with van der Waals surface area (Å²) in [6.07, 6.45) is 0.756. The number of aliphatic hydroxyl groups is 1. The number of nitrogens with one attached hydrogen (secondary N) is 4. The van der Waals surface area contributed by atoms with Crippen molar-refractivity contribution in [3.05, 3.63) is 65.9 Å². The minimum Gasteiger partial charge on any atom is -0.508 e. The Balaban J connectivity index is 1.76. The van der Waals surface area contributed by atoms with E-state index < -0.39 is 66.9 Å². The van der Waals surface area contributed by atoms with Crippen LogP contribution in [0.2, 0.25) is 0 Å². The number of fused-ring (bicyclic) bond motifs is 1. The van der Waals surface area contributed by atoms with Crippen LogP contribution in [-0.4, -0.2) is 85.8 Å². The SMILES string of the molecule is NC(Cc1c[nH]c2ccccc12)C(=O)NC(CC(=O)O)C(=O)NC(Cc1ccc(O)cc1)C(=O)NC(CO)C(=O)O. The van der Waals surface area contributed by atoms with E-state index in [1.54, 1.807) is 6.20 Å². The molecule has 0 fully saturated rings. The lowest BCUT2D eigenvalue weighted by Crippen LogP contribution is -2.58. The Hall–Kier alpha value is -4.95. The number of aromatic nitrogens is 1. The number of phenolic OH excluding ortho intramolecular Hbond substituents is 1. The molecule has 3 rings (SSSR count). The molecule has 1 aromatic heterocycles. The fourth-order valence-corrected chi connectivity index (χ4v) is 4.10. The first-order chi connectivity index (χ1) is 19.5. The van der Waals surface area contributed by atoms with Crippen molar-refractivity contribution in [3.8, 4) is 5.75 Å². The van der Waals surface area contributed by atoms with Crippen molar-refractivity contribution < 1.29 is 44.4 Å². The molecule has 0 saturated carbocycles. The number of benzene rings is 2. The van der Waals surface area contributed by atoms with Gasteiger partial charge in [0.25, 0.3) is 0 Å². The molecule has 0 aliphatic rings. The van der Waals surface area contributed by atoms with E-state index in [0.29, 0.717) is 5.56 Å².